The number of nitrogens with zero attached hydrogens (tertiary/aromatic N) is 1. The molecular weight excluding hydrogens is 400 g/mol. The molecule has 1 saturated carbocycles. The molecule has 0 unspecified atom stereocenters. The maximum Gasteiger partial charge on any atom is 0.320 e. The Morgan fingerprint density at radius 3 is 2.16 bits per heavy atom. The van der Waals surface area contributed by atoms with Crippen LogP contribution in [-0.4, -0.2) is 63.8 Å². The molecule has 0 heterocycles. The van der Waals surface area contributed by atoms with Gasteiger partial charge in [-0.2, -0.15) is 0 Å². The first-order chi connectivity index (χ1) is 14.8. The minimum atomic E-state index is -0.937. The molecule has 5 N–H and O–H groups in total. The second kappa shape index (κ2) is 15.4. The lowest BCUT2D eigenvalue weighted by atomic mass is 9.85. The fraction of sp³-hybridized carbons (Fsp3) is 0.609. The van der Waals surface area contributed by atoms with Gasteiger partial charge >= 0.3 is 17.9 Å². The van der Waals surface area contributed by atoms with Crippen molar-refractivity contribution in [2.75, 3.05) is 19.6 Å². The number of nitrogens with two attached hydrogens (primary N) is 1. The lowest BCUT2D eigenvalue weighted by Gasteiger charge is -2.21. The maximum atomic E-state index is 10.7. The summed E-state index contributed by atoms with van der Waals surface area (Å²) in [5, 5.41) is 26.0. The summed E-state index contributed by atoms with van der Waals surface area (Å²) >= 11 is 0. The third-order valence-corrected chi connectivity index (χ3v) is 5.49. The van der Waals surface area contributed by atoms with Crippen LogP contribution in [-0.2, 0) is 20.8 Å². The Labute approximate surface area is 184 Å². The molecule has 0 aromatic heterocycles. The minimum Gasteiger partial charge on any atom is -0.481 e. The van der Waals surface area contributed by atoms with Crippen molar-refractivity contribution in [3.63, 3.8) is 0 Å². The molecule has 174 valence electrons. The average Bonchev–Trinajstić information content (AvgIpc) is 2.75. The summed E-state index contributed by atoms with van der Waals surface area (Å²) in [7, 11) is 0. The predicted octanol–water partition coefficient (Wildman–Crippen LogP) is 2.85. The fourth-order valence-corrected chi connectivity index (χ4v) is 3.66. The van der Waals surface area contributed by atoms with Gasteiger partial charge in [0, 0.05) is 13.1 Å². The third kappa shape index (κ3) is 13.5. The Kier molecular flexibility index (Phi) is 13.2. The third-order valence-electron chi connectivity index (χ3n) is 5.49. The summed E-state index contributed by atoms with van der Waals surface area (Å²) in [6, 6.07) is 9.05. The standard InChI is InChI=1S/C13H17NO4.C10H19NO2/c15-12(16)7-9-14(10-13(17)18)8-6-11-4-2-1-3-5-11;11-9(10(12)13)7-6-8-4-2-1-3-5-8/h1-5H,6-10H2,(H,15,16)(H,17,18);8-9H,1-7,11H2,(H,12,13)/t;9-/m.1/s1. The van der Waals surface area contributed by atoms with Gasteiger partial charge in [-0.05, 0) is 30.7 Å². The number of benzene rings is 1. The molecule has 0 bridgehead atoms. The van der Waals surface area contributed by atoms with E-state index in [1.54, 1.807) is 4.90 Å². The van der Waals surface area contributed by atoms with E-state index in [1.807, 2.05) is 30.3 Å². The Hall–Kier alpha value is -2.45. The van der Waals surface area contributed by atoms with Crippen LogP contribution in [0.4, 0.5) is 0 Å². The molecule has 1 aliphatic carbocycles. The van der Waals surface area contributed by atoms with E-state index in [0.717, 1.165) is 17.9 Å². The quantitative estimate of drug-likeness (QED) is 0.392. The summed E-state index contributed by atoms with van der Waals surface area (Å²) in [5.41, 5.74) is 6.55. The molecule has 1 aromatic carbocycles. The number of carbonyl (C=O) groups is 3. The maximum absolute atomic E-state index is 10.7. The second-order valence-corrected chi connectivity index (χ2v) is 8.08. The van der Waals surface area contributed by atoms with Crippen molar-refractivity contribution in [1.82, 2.24) is 4.90 Å². The zero-order valence-corrected chi connectivity index (χ0v) is 18.1. The van der Waals surface area contributed by atoms with Gasteiger partial charge in [0.1, 0.15) is 6.04 Å². The molecule has 0 spiro atoms. The highest BCUT2D eigenvalue weighted by Crippen LogP contribution is 2.27. The smallest absolute Gasteiger partial charge is 0.320 e. The average molecular weight is 437 g/mol. The highest BCUT2D eigenvalue weighted by molar-refractivity contribution is 5.73. The summed E-state index contributed by atoms with van der Waals surface area (Å²) in [5.74, 6) is -1.98. The Bertz CT molecular complexity index is 661. The van der Waals surface area contributed by atoms with Gasteiger partial charge < -0.3 is 21.1 Å². The molecular formula is C23H36N2O6. The van der Waals surface area contributed by atoms with Gasteiger partial charge in [-0.3, -0.25) is 19.3 Å². The van der Waals surface area contributed by atoms with Gasteiger partial charge in [0.05, 0.1) is 13.0 Å². The molecule has 31 heavy (non-hydrogen) atoms. The fourth-order valence-electron chi connectivity index (χ4n) is 3.66. The van der Waals surface area contributed by atoms with Crippen LogP contribution in [0.5, 0.6) is 0 Å². The van der Waals surface area contributed by atoms with Crippen molar-refractivity contribution in [1.29, 1.82) is 0 Å². The van der Waals surface area contributed by atoms with Crippen LogP contribution in [0.15, 0.2) is 30.3 Å². The van der Waals surface area contributed by atoms with Crippen molar-refractivity contribution in [3.05, 3.63) is 35.9 Å². The molecule has 8 nitrogen and oxygen atoms in total. The molecule has 1 atom stereocenters. The van der Waals surface area contributed by atoms with Crippen molar-refractivity contribution in [2.45, 2.75) is 63.8 Å². The van der Waals surface area contributed by atoms with E-state index in [4.69, 9.17) is 21.1 Å². The van der Waals surface area contributed by atoms with Gasteiger partial charge in [-0.1, -0.05) is 62.4 Å². The number of hydrogen-bond donors (Lipinski definition) is 4. The predicted molar refractivity (Wildman–Crippen MR) is 118 cm³/mol. The van der Waals surface area contributed by atoms with Crippen LogP contribution in [0.25, 0.3) is 0 Å². The number of rotatable bonds is 12. The summed E-state index contributed by atoms with van der Waals surface area (Å²) < 4.78 is 0. The molecule has 0 amide bonds. The highest BCUT2D eigenvalue weighted by Gasteiger charge is 2.17. The van der Waals surface area contributed by atoms with E-state index in [2.05, 4.69) is 0 Å². The van der Waals surface area contributed by atoms with Crippen molar-refractivity contribution < 1.29 is 29.7 Å². The number of carboxylic acids is 3. The van der Waals surface area contributed by atoms with Crippen molar-refractivity contribution in [2.24, 2.45) is 11.7 Å². The lowest BCUT2D eigenvalue weighted by molar-refractivity contribution is -0.141. The van der Waals surface area contributed by atoms with E-state index in [-0.39, 0.29) is 19.5 Å². The van der Waals surface area contributed by atoms with E-state index in [0.29, 0.717) is 19.4 Å². The number of aliphatic carboxylic acids is 3. The normalized spacial score (nSPS) is 15.0. The molecule has 8 heteroatoms. The topological polar surface area (TPSA) is 141 Å². The molecule has 1 fully saturated rings. The zero-order valence-electron chi connectivity index (χ0n) is 18.1. The van der Waals surface area contributed by atoms with E-state index in [1.165, 1.54) is 32.1 Å². The minimum absolute atomic E-state index is 0.0396. The van der Waals surface area contributed by atoms with Crippen LogP contribution < -0.4 is 5.73 Å². The number of carboxylic acid groups (broad SMARTS) is 3. The van der Waals surface area contributed by atoms with Gasteiger partial charge in [0.25, 0.3) is 0 Å². The molecule has 0 radical (unpaired) electrons. The van der Waals surface area contributed by atoms with Crippen LogP contribution >= 0.6 is 0 Å². The van der Waals surface area contributed by atoms with Crippen molar-refractivity contribution >= 4 is 17.9 Å². The molecule has 2 rings (SSSR count). The molecule has 0 saturated heterocycles. The second-order valence-electron chi connectivity index (χ2n) is 8.08. The molecule has 1 aliphatic rings. The van der Waals surface area contributed by atoms with E-state index >= 15 is 0 Å². The van der Waals surface area contributed by atoms with Crippen LogP contribution in [0.3, 0.4) is 0 Å². The van der Waals surface area contributed by atoms with E-state index < -0.39 is 23.9 Å². The lowest BCUT2D eigenvalue weighted by Crippen LogP contribution is -2.33. The summed E-state index contributed by atoms with van der Waals surface area (Å²) in [6.07, 6.45) is 8.82. The Morgan fingerprint density at radius 2 is 1.61 bits per heavy atom. The first kappa shape index (κ1) is 26.6. The van der Waals surface area contributed by atoms with Crippen molar-refractivity contribution in [3.8, 4) is 0 Å². The van der Waals surface area contributed by atoms with E-state index in [9.17, 15) is 14.4 Å². The van der Waals surface area contributed by atoms with Gasteiger partial charge in [-0.15, -0.1) is 0 Å². The Balaban J connectivity index is 0.000000327. The van der Waals surface area contributed by atoms with Gasteiger partial charge in [0.2, 0.25) is 0 Å². The molecule has 0 aliphatic heterocycles. The first-order valence-corrected chi connectivity index (χ1v) is 11.0. The largest absolute Gasteiger partial charge is 0.481 e. The zero-order chi connectivity index (χ0) is 23.1. The van der Waals surface area contributed by atoms with Gasteiger partial charge in [-0.25, -0.2) is 0 Å². The first-order valence-electron chi connectivity index (χ1n) is 11.0. The van der Waals surface area contributed by atoms with Crippen LogP contribution in [0.2, 0.25) is 0 Å². The van der Waals surface area contributed by atoms with Crippen LogP contribution in [0.1, 0.15) is 56.9 Å². The summed E-state index contributed by atoms with van der Waals surface area (Å²) in [6.45, 7) is 0.679. The number of hydrogen-bond acceptors (Lipinski definition) is 5. The van der Waals surface area contributed by atoms with Crippen LogP contribution in [0, 0.1) is 5.92 Å². The monoisotopic (exact) mass is 436 g/mol. The SMILES string of the molecule is N[C@H](CCC1CCCCC1)C(=O)O.O=C(O)CCN(CCc1ccccc1)CC(=O)O. The Morgan fingerprint density at radius 1 is 0.968 bits per heavy atom. The highest BCUT2D eigenvalue weighted by atomic mass is 16.4. The summed E-state index contributed by atoms with van der Waals surface area (Å²) in [4.78, 5) is 33.3. The molecule has 1 aromatic rings. The van der Waals surface area contributed by atoms with Gasteiger partial charge in [0.15, 0.2) is 0 Å².